The molecule has 1 heterocycles. The van der Waals surface area contributed by atoms with Crippen molar-refractivity contribution < 1.29 is 4.79 Å². The minimum Gasteiger partial charge on any atom is -0.383 e. The molecule has 3 rings (SSSR count). The Kier molecular flexibility index (Phi) is 2.97. The van der Waals surface area contributed by atoms with E-state index >= 15 is 0 Å². The highest BCUT2D eigenvalue weighted by Gasteiger charge is 2.44. The summed E-state index contributed by atoms with van der Waals surface area (Å²) in [6.07, 6.45) is 3.73. The SMILES string of the molecule is Cn1ncc(C(=O)NCC2(c3ccccc3)CC2)c1N. The van der Waals surface area contributed by atoms with Crippen molar-refractivity contribution in [1.82, 2.24) is 15.1 Å². The number of aryl methyl sites for hydroxylation is 1. The van der Waals surface area contributed by atoms with Crippen LogP contribution in [0.25, 0.3) is 0 Å². The van der Waals surface area contributed by atoms with Crippen molar-refractivity contribution in [3.63, 3.8) is 0 Å². The summed E-state index contributed by atoms with van der Waals surface area (Å²) in [5.41, 5.74) is 7.65. The number of benzene rings is 1. The predicted octanol–water partition coefficient (Wildman–Crippen LogP) is 1.46. The molecule has 1 aliphatic rings. The van der Waals surface area contributed by atoms with E-state index in [-0.39, 0.29) is 11.3 Å². The largest absolute Gasteiger partial charge is 0.383 e. The molecule has 0 aliphatic heterocycles. The smallest absolute Gasteiger partial charge is 0.256 e. The quantitative estimate of drug-likeness (QED) is 0.883. The number of nitrogen functional groups attached to an aromatic ring is 1. The van der Waals surface area contributed by atoms with Gasteiger partial charge in [0.1, 0.15) is 11.4 Å². The zero-order valence-corrected chi connectivity index (χ0v) is 11.5. The maximum absolute atomic E-state index is 12.1. The minimum absolute atomic E-state index is 0.105. The second kappa shape index (κ2) is 4.67. The van der Waals surface area contributed by atoms with E-state index in [2.05, 4.69) is 22.5 Å². The van der Waals surface area contributed by atoms with Crippen LogP contribution < -0.4 is 11.1 Å². The molecular formula is C15H18N4O. The second-order valence-electron chi connectivity index (χ2n) is 5.40. The van der Waals surface area contributed by atoms with E-state index in [0.29, 0.717) is 17.9 Å². The number of rotatable bonds is 4. The highest BCUT2D eigenvalue weighted by molar-refractivity contribution is 5.98. The number of nitrogens with two attached hydrogens (primary N) is 1. The highest BCUT2D eigenvalue weighted by Crippen LogP contribution is 2.47. The number of carbonyl (C=O) groups is 1. The van der Waals surface area contributed by atoms with E-state index in [0.717, 1.165) is 12.8 Å². The lowest BCUT2D eigenvalue weighted by molar-refractivity contribution is 0.0950. The average Bonchev–Trinajstić information content (AvgIpc) is 3.20. The van der Waals surface area contributed by atoms with Crippen LogP contribution in [0.2, 0.25) is 0 Å². The highest BCUT2D eigenvalue weighted by atomic mass is 16.1. The molecule has 0 atom stereocenters. The van der Waals surface area contributed by atoms with Crippen LogP contribution in [0.1, 0.15) is 28.8 Å². The predicted molar refractivity (Wildman–Crippen MR) is 77.3 cm³/mol. The lowest BCUT2D eigenvalue weighted by Gasteiger charge is -2.16. The van der Waals surface area contributed by atoms with Gasteiger partial charge in [0.25, 0.3) is 5.91 Å². The Labute approximate surface area is 117 Å². The van der Waals surface area contributed by atoms with Crippen molar-refractivity contribution in [1.29, 1.82) is 0 Å². The van der Waals surface area contributed by atoms with Gasteiger partial charge in [-0.2, -0.15) is 5.10 Å². The maximum atomic E-state index is 12.1. The van der Waals surface area contributed by atoms with E-state index in [1.54, 1.807) is 7.05 Å². The van der Waals surface area contributed by atoms with E-state index < -0.39 is 0 Å². The molecular weight excluding hydrogens is 252 g/mol. The van der Waals surface area contributed by atoms with Crippen molar-refractivity contribution >= 4 is 11.7 Å². The molecule has 0 bridgehead atoms. The third-order valence-corrected chi connectivity index (χ3v) is 4.06. The van der Waals surface area contributed by atoms with E-state index in [4.69, 9.17) is 5.73 Å². The summed E-state index contributed by atoms with van der Waals surface area (Å²) in [5.74, 6) is 0.241. The molecule has 1 aliphatic carbocycles. The van der Waals surface area contributed by atoms with E-state index in [1.807, 2.05) is 18.2 Å². The van der Waals surface area contributed by atoms with Gasteiger partial charge in [-0.15, -0.1) is 0 Å². The van der Waals surface area contributed by atoms with E-state index in [9.17, 15) is 4.79 Å². The van der Waals surface area contributed by atoms with Gasteiger partial charge in [0.2, 0.25) is 0 Å². The summed E-state index contributed by atoms with van der Waals surface area (Å²) >= 11 is 0. The van der Waals surface area contributed by atoms with Gasteiger partial charge < -0.3 is 11.1 Å². The number of amides is 1. The number of nitrogens with zero attached hydrogens (tertiary/aromatic N) is 2. The molecule has 5 heteroatoms. The molecule has 104 valence electrons. The summed E-state index contributed by atoms with van der Waals surface area (Å²) in [5, 5.41) is 6.97. The fourth-order valence-electron chi connectivity index (χ4n) is 2.48. The first-order valence-corrected chi connectivity index (χ1v) is 6.74. The number of hydrogen-bond donors (Lipinski definition) is 2. The van der Waals surface area contributed by atoms with Crippen LogP contribution in [0.3, 0.4) is 0 Å². The molecule has 0 spiro atoms. The standard InChI is InChI=1S/C15H18N4O/c1-19-13(16)12(9-18-19)14(20)17-10-15(7-8-15)11-5-3-2-4-6-11/h2-6,9H,7-8,10,16H2,1H3,(H,17,20). The lowest BCUT2D eigenvalue weighted by Crippen LogP contribution is -2.32. The fourth-order valence-corrected chi connectivity index (χ4v) is 2.48. The van der Waals surface area contributed by atoms with E-state index in [1.165, 1.54) is 16.4 Å². The number of anilines is 1. The number of aromatic nitrogens is 2. The Morgan fingerprint density at radius 3 is 2.65 bits per heavy atom. The Balaban J connectivity index is 1.68. The van der Waals surface area contributed by atoms with Crippen molar-refractivity contribution in [3.8, 4) is 0 Å². The van der Waals surface area contributed by atoms with Gasteiger partial charge in [0, 0.05) is 19.0 Å². The maximum Gasteiger partial charge on any atom is 0.256 e. The van der Waals surface area contributed by atoms with Crippen LogP contribution in [0, 0.1) is 0 Å². The molecule has 3 N–H and O–H groups in total. The molecule has 1 fully saturated rings. The summed E-state index contributed by atoms with van der Waals surface area (Å²) in [6, 6.07) is 10.3. The summed E-state index contributed by atoms with van der Waals surface area (Å²) in [4.78, 5) is 12.1. The van der Waals surface area contributed by atoms with Gasteiger partial charge in [-0.05, 0) is 18.4 Å². The van der Waals surface area contributed by atoms with Crippen LogP contribution >= 0.6 is 0 Å². The minimum atomic E-state index is -0.155. The Morgan fingerprint density at radius 1 is 1.40 bits per heavy atom. The monoisotopic (exact) mass is 270 g/mol. The first-order chi connectivity index (χ1) is 9.62. The first kappa shape index (κ1) is 12.7. The van der Waals surface area contributed by atoms with Crippen LogP contribution in [-0.4, -0.2) is 22.2 Å². The molecule has 0 saturated heterocycles. The summed E-state index contributed by atoms with van der Waals surface area (Å²) < 4.78 is 1.50. The van der Waals surface area contributed by atoms with Crippen LogP contribution in [-0.2, 0) is 12.5 Å². The fraction of sp³-hybridized carbons (Fsp3) is 0.333. The van der Waals surface area contributed by atoms with Crippen molar-refractivity contribution in [3.05, 3.63) is 47.7 Å². The topological polar surface area (TPSA) is 72.9 Å². The van der Waals surface area contributed by atoms with Gasteiger partial charge in [-0.25, -0.2) is 0 Å². The third-order valence-electron chi connectivity index (χ3n) is 4.06. The molecule has 2 aromatic rings. The third kappa shape index (κ3) is 2.15. The first-order valence-electron chi connectivity index (χ1n) is 6.74. The Bertz CT molecular complexity index is 629. The molecule has 1 aromatic carbocycles. The average molecular weight is 270 g/mol. The molecule has 1 saturated carbocycles. The van der Waals surface area contributed by atoms with Gasteiger partial charge in [-0.1, -0.05) is 30.3 Å². The molecule has 20 heavy (non-hydrogen) atoms. The molecule has 0 unspecified atom stereocenters. The molecule has 1 aromatic heterocycles. The summed E-state index contributed by atoms with van der Waals surface area (Å²) in [6.45, 7) is 0.643. The Morgan fingerprint density at radius 2 is 2.10 bits per heavy atom. The summed E-state index contributed by atoms with van der Waals surface area (Å²) in [7, 11) is 1.72. The van der Waals surface area contributed by atoms with Gasteiger partial charge in [-0.3, -0.25) is 9.48 Å². The molecule has 0 radical (unpaired) electrons. The number of hydrogen-bond acceptors (Lipinski definition) is 3. The second-order valence-corrected chi connectivity index (χ2v) is 5.40. The van der Waals surface area contributed by atoms with Crippen molar-refractivity contribution in [2.24, 2.45) is 7.05 Å². The van der Waals surface area contributed by atoms with Gasteiger partial charge >= 0.3 is 0 Å². The molecule has 1 amide bonds. The lowest BCUT2D eigenvalue weighted by atomic mass is 9.96. The Hall–Kier alpha value is -2.30. The van der Waals surface area contributed by atoms with Crippen LogP contribution in [0.5, 0.6) is 0 Å². The number of nitrogens with one attached hydrogen (secondary N) is 1. The van der Waals surface area contributed by atoms with Crippen molar-refractivity contribution in [2.45, 2.75) is 18.3 Å². The van der Waals surface area contributed by atoms with Gasteiger partial charge in [0.15, 0.2) is 0 Å². The van der Waals surface area contributed by atoms with Crippen LogP contribution in [0.15, 0.2) is 36.5 Å². The number of carbonyl (C=O) groups excluding carboxylic acids is 1. The van der Waals surface area contributed by atoms with Crippen LogP contribution in [0.4, 0.5) is 5.82 Å². The van der Waals surface area contributed by atoms with Gasteiger partial charge in [0.05, 0.1) is 6.20 Å². The normalized spacial score (nSPS) is 15.8. The zero-order chi connectivity index (χ0) is 14.2. The zero-order valence-electron chi connectivity index (χ0n) is 11.5. The van der Waals surface area contributed by atoms with Crippen molar-refractivity contribution in [2.75, 3.05) is 12.3 Å². The molecule has 5 nitrogen and oxygen atoms in total.